The van der Waals surface area contributed by atoms with Gasteiger partial charge in [-0.1, -0.05) is 0 Å². The summed E-state index contributed by atoms with van der Waals surface area (Å²) in [4.78, 5) is 22.5. The highest BCUT2D eigenvalue weighted by atomic mass is 32.2. The summed E-state index contributed by atoms with van der Waals surface area (Å²) in [7, 11) is -2.80. The van der Waals surface area contributed by atoms with Crippen LogP contribution >= 0.6 is 11.3 Å². The summed E-state index contributed by atoms with van der Waals surface area (Å²) in [5.74, 6) is -1.87. The summed E-state index contributed by atoms with van der Waals surface area (Å²) in [6.07, 6.45) is 0. The van der Waals surface area contributed by atoms with Crippen molar-refractivity contribution in [3.63, 3.8) is 0 Å². The number of aryl methyl sites for hydroxylation is 1. The minimum absolute atomic E-state index is 0.0622. The van der Waals surface area contributed by atoms with E-state index in [-0.39, 0.29) is 9.77 Å². The zero-order chi connectivity index (χ0) is 16.4. The summed E-state index contributed by atoms with van der Waals surface area (Å²) in [6.45, 7) is 4.36. The first-order chi connectivity index (χ1) is 9.61. The van der Waals surface area contributed by atoms with Crippen molar-refractivity contribution in [2.24, 2.45) is 0 Å². The second kappa shape index (κ2) is 6.54. The molecule has 0 radical (unpaired) electrons. The molecule has 0 aliphatic heterocycles. The van der Waals surface area contributed by atoms with Gasteiger partial charge in [-0.05, 0) is 26.8 Å². The average molecular weight is 335 g/mol. The smallest absolute Gasteiger partial charge is 0.345 e. The molecule has 0 fully saturated rings. The number of esters is 1. The van der Waals surface area contributed by atoms with E-state index in [9.17, 15) is 18.0 Å². The van der Waals surface area contributed by atoms with Crippen molar-refractivity contribution in [3.05, 3.63) is 15.8 Å². The van der Waals surface area contributed by atoms with Crippen molar-refractivity contribution in [1.82, 2.24) is 4.31 Å². The number of carboxylic acid groups (broad SMARTS) is 1. The minimum atomic E-state index is -3.97. The second-order valence-electron chi connectivity index (χ2n) is 4.56. The first-order valence-electron chi connectivity index (χ1n) is 6.03. The monoisotopic (exact) mass is 335 g/mol. The fourth-order valence-electron chi connectivity index (χ4n) is 1.69. The van der Waals surface area contributed by atoms with E-state index in [0.717, 1.165) is 21.7 Å². The third kappa shape index (κ3) is 3.80. The highest BCUT2D eigenvalue weighted by molar-refractivity contribution is 7.89. The molecule has 9 heteroatoms. The second-order valence-corrected chi connectivity index (χ2v) is 7.67. The van der Waals surface area contributed by atoms with Crippen molar-refractivity contribution in [1.29, 1.82) is 0 Å². The van der Waals surface area contributed by atoms with Crippen molar-refractivity contribution >= 4 is 33.3 Å². The molecule has 0 saturated carbocycles. The van der Waals surface area contributed by atoms with E-state index >= 15 is 0 Å². The van der Waals surface area contributed by atoms with Crippen LogP contribution in [0, 0.1) is 6.92 Å². The topological polar surface area (TPSA) is 101 Å². The van der Waals surface area contributed by atoms with E-state index in [1.54, 1.807) is 13.8 Å². The molecular weight excluding hydrogens is 318 g/mol. The summed E-state index contributed by atoms with van der Waals surface area (Å²) < 4.78 is 30.7. The van der Waals surface area contributed by atoms with Crippen LogP contribution in [0.15, 0.2) is 11.0 Å². The van der Waals surface area contributed by atoms with Crippen LogP contribution in [0.2, 0.25) is 0 Å². The molecule has 0 aliphatic carbocycles. The first kappa shape index (κ1) is 17.6. The largest absolute Gasteiger partial charge is 0.477 e. The summed E-state index contributed by atoms with van der Waals surface area (Å²) >= 11 is 0.882. The molecular formula is C12H17NO6S2. The van der Waals surface area contributed by atoms with Gasteiger partial charge in [-0.15, -0.1) is 11.3 Å². The molecule has 1 aromatic rings. The van der Waals surface area contributed by atoms with E-state index < -0.39 is 34.5 Å². The Morgan fingerprint density at radius 1 is 1.43 bits per heavy atom. The highest BCUT2D eigenvalue weighted by Gasteiger charge is 2.32. The van der Waals surface area contributed by atoms with Gasteiger partial charge in [0.2, 0.25) is 10.0 Å². The summed E-state index contributed by atoms with van der Waals surface area (Å²) in [5.41, 5.74) is 0. The number of methoxy groups -OCH3 is 1. The normalized spacial score (nSPS) is 11.9. The first-order valence-corrected chi connectivity index (χ1v) is 8.29. The third-order valence-electron chi connectivity index (χ3n) is 2.76. The van der Waals surface area contributed by atoms with Crippen molar-refractivity contribution < 1.29 is 27.9 Å². The number of aromatic carboxylic acids is 1. The lowest BCUT2D eigenvalue weighted by Crippen LogP contribution is -2.41. The van der Waals surface area contributed by atoms with E-state index in [0.29, 0.717) is 4.88 Å². The number of hydrogen-bond acceptors (Lipinski definition) is 6. The van der Waals surface area contributed by atoms with Gasteiger partial charge in [0, 0.05) is 10.9 Å². The molecule has 0 saturated heterocycles. The number of carboxylic acids is 1. The molecule has 1 aromatic heterocycles. The number of hydrogen-bond donors (Lipinski definition) is 1. The van der Waals surface area contributed by atoms with Crippen molar-refractivity contribution in [2.45, 2.75) is 31.7 Å². The summed E-state index contributed by atoms with van der Waals surface area (Å²) in [6, 6.07) is 0.645. The van der Waals surface area contributed by atoms with Crippen LogP contribution in [0.25, 0.3) is 0 Å². The maximum Gasteiger partial charge on any atom is 0.345 e. The number of sulfonamides is 1. The molecule has 118 valence electrons. The van der Waals surface area contributed by atoms with Crippen molar-refractivity contribution in [2.75, 3.05) is 13.7 Å². The summed E-state index contributed by atoms with van der Waals surface area (Å²) in [5, 5.41) is 8.95. The van der Waals surface area contributed by atoms with E-state index in [1.807, 2.05) is 0 Å². The molecule has 0 spiro atoms. The number of carbonyl (C=O) groups is 2. The lowest BCUT2D eigenvalue weighted by atomic mass is 10.4. The maximum absolute atomic E-state index is 12.6. The number of rotatable bonds is 6. The fourth-order valence-corrected chi connectivity index (χ4v) is 4.67. The SMILES string of the molecule is COC(=O)CN(C(C)C)S(=O)(=O)c1cc(C(=O)O)sc1C. The van der Waals surface area contributed by atoms with Gasteiger partial charge in [0.05, 0.1) is 12.0 Å². The van der Waals surface area contributed by atoms with Crippen LogP contribution in [-0.2, 0) is 19.6 Å². The average Bonchev–Trinajstić information content (AvgIpc) is 2.78. The van der Waals surface area contributed by atoms with Crippen LogP contribution in [-0.4, -0.2) is 49.5 Å². The Hall–Kier alpha value is -1.45. The predicted octanol–water partition coefficient (Wildman–Crippen LogP) is 1.33. The van der Waals surface area contributed by atoms with Crippen LogP contribution in [0.1, 0.15) is 28.4 Å². The molecule has 1 rings (SSSR count). The molecule has 1 N–H and O–H groups in total. The molecule has 0 unspecified atom stereocenters. The van der Waals surface area contributed by atoms with Gasteiger partial charge in [0.25, 0.3) is 0 Å². The Balaban J connectivity index is 3.29. The molecule has 0 atom stereocenters. The molecule has 0 aliphatic rings. The van der Waals surface area contributed by atoms with Crippen molar-refractivity contribution in [3.8, 4) is 0 Å². The number of thiophene rings is 1. The van der Waals surface area contributed by atoms with E-state index in [4.69, 9.17) is 5.11 Å². The molecule has 0 amide bonds. The van der Waals surface area contributed by atoms with Crippen LogP contribution in [0.3, 0.4) is 0 Å². The highest BCUT2D eigenvalue weighted by Crippen LogP contribution is 2.29. The van der Waals surface area contributed by atoms with Gasteiger partial charge in [0.1, 0.15) is 11.4 Å². The standard InChI is InChI=1S/C12H17NO6S2/c1-7(2)13(6-11(14)19-4)21(17,18)10-5-9(12(15)16)20-8(10)3/h5,7H,6H2,1-4H3,(H,15,16). The van der Waals surface area contributed by atoms with Gasteiger partial charge in [-0.2, -0.15) is 4.31 Å². The zero-order valence-electron chi connectivity index (χ0n) is 12.1. The van der Waals surface area contributed by atoms with Gasteiger partial charge in [-0.25, -0.2) is 13.2 Å². The van der Waals surface area contributed by atoms with E-state index in [1.165, 1.54) is 14.0 Å². The van der Waals surface area contributed by atoms with Crippen LogP contribution in [0.4, 0.5) is 0 Å². The number of ether oxygens (including phenoxy) is 1. The van der Waals surface area contributed by atoms with Crippen LogP contribution < -0.4 is 0 Å². The van der Waals surface area contributed by atoms with Gasteiger partial charge in [0.15, 0.2) is 0 Å². The number of nitrogens with zero attached hydrogens (tertiary/aromatic N) is 1. The fraction of sp³-hybridized carbons (Fsp3) is 0.500. The molecule has 0 aromatic carbocycles. The lowest BCUT2D eigenvalue weighted by molar-refractivity contribution is -0.141. The predicted molar refractivity (Wildman–Crippen MR) is 77.1 cm³/mol. The Bertz CT molecular complexity index is 647. The van der Waals surface area contributed by atoms with E-state index in [2.05, 4.69) is 4.74 Å². The zero-order valence-corrected chi connectivity index (χ0v) is 13.7. The Morgan fingerprint density at radius 2 is 2.00 bits per heavy atom. The molecule has 21 heavy (non-hydrogen) atoms. The Labute approximate surface area is 127 Å². The molecule has 7 nitrogen and oxygen atoms in total. The Morgan fingerprint density at radius 3 is 2.38 bits per heavy atom. The van der Waals surface area contributed by atoms with Gasteiger partial charge >= 0.3 is 11.9 Å². The Kier molecular flexibility index (Phi) is 5.48. The number of carbonyl (C=O) groups excluding carboxylic acids is 1. The molecule has 0 bridgehead atoms. The third-order valence-corrected chi connectivity index (χ3v) is 6.07. The van der Waals surface area contributed by atoms with Gasteiger partial charge < -0.3 is 9.84 Å². The van der Waals surface area contributed by atoms with Gasteiger partial charge in [-0.3, -0.25) is 4.79 Å². The van der Waals surface area contributed by atoms with Crippen LogP contribution in [0.5, 0.6) is 0 Å². The molecule has 1 heterocycles. The minimum Gasteiger partial charge on any atom is -0.477 e. The quantitative estimate of drug-likeness (QED) is 0.787. The maximum atomic E-state index is 12.6. The lowest BCUT2D eigenvalue weighted by Gasteiger charge is -2.24.